The number of hydrogen-bond donors (Lipinski definition) is 1. The van der Waals surface area contributed by atoms with Gasteiger partial charge >= 0.3 is 0 Å². The van der Waals surface area contributed by atoms with Crippen molar-refractivity contribution in [1.29, 1.82) is 0 Å². The summed E-state index contributed by atoms with van der Waals surface area (Å²) in [4.78, 5) is 4.23. The SMILES string of the molecule is COc1cccnc1C(O)Cc1ccc2ccccc2c1. The van der Waals surface area contributed by atoms with Crippen LogP contribution in [0.4, 0.5) is 0 Å². The van der Waals surface area contributed by atoms with Crippen molar-refractivity contribution in [3.63, 3.8) is 0 Å². The first-order chi connectivity index (χ1) is 10.3. The molecule has 3 rings (SSSR count). The van der Waals surface area contributed by atoms with E-state index in [0.29, 0.717) is 17.9 Å². The highest BCUT2D eigenvalue weighted by molar-refractivity contribution is 5.83. The fourth-order valence-electron chi connectivity index (χ4n) is 2.51. The van der Waals surface area contributed by atoms with E-state index < -0.39 is 6.10 Å². The predicted molar refractivity (Wildman–Crippen MR) is 83.4 cm³/mol. The van der Waals surface area contributed by atoms with Gasteiger partial charge in [0.05, 0.1) is 7.11 Å². The summed E-state index contributed by atoms with van der Waals surface area (Å²) in [7, 11) is 1.59. The zero-order valence-corrected chi connectivity index (χ0v) is 11.9. The molecule has 3 aromatic rings. The molecule has 0 spiro atoms. The minimum absolute atomic E-state index is 0.512. The van der Waals surface area contributed by atoms with E-state index in [-0.39, 0.29) is 0 Å². The number of hydrogen-bond acceptors (Lipinski definition) is 3. The molecule has 1 unspecified atom stereocenters. The normalized spacial score (nSPS) is 12.3. The van der Waals surface area contributed by atoms with E-state index in [1.165, 1.54) is 10.8 Å². The van der Waals surface area contributed by atoms with Gasteiger partial charge in [0.15, 0.2) is 0 Å². The minimum Gasteiger partial charge on any atom is -0.495 e. The molecule has 21 heavy (non-hydrogen) atoms. The summed E-state index contributed by atoms with van der Waals surface area (Å²) in [5, 5.41) is 12.8. The largest absolute Gasteiger partial charge is 0.495 e. The van der Waals surface area contributed by atoms with Gasteiger partial charge in [-0.15, -0.1) is 0 Å². The zero-order chi connectivity index (χ0) is 14.7. The third-order valence-electron chi connectivity index (χ3n) is 3.58. The number of methoxy groups -OCH3 is 1. The maximum Gasteiger partial charge on any atom is 0.143 e. The van der Waals surface area contributed by atoms with Crippen molar-refractivity contribution in [2.75, 3.05) is 7.11 Å². The molecular formula is C18H17NO2. The number of ether oxygens (including phenoxy) is 1. The van der Waals surface area contributed by atoms with Crippen molar-refractivity contribution in [3.05, 3.63) is 72.1 Å². The highest BCUT2D eigenvalue weighted by atomic mass is 16.5. The summed E-state index contributed by atoms with van der Waals surface area (Å²) < 4.78 is 5.25. The standard InChI is InChI=1S/C18H17NO2/c1-21-17-7-4-10-19-18(17)16(20)12-13-8-9-14-5-2-3-6-15(14)11-13/h2-11,16,20H,12H2,1H3. The predicted octanol–water partition coefficient (Wildman–Crippen LogP) is 3.52. The Bertz CT molecular complexity index is 755. The van der Waals surface area contributed by atoms with Crippen molar-refractivity contribution in [2.24, 2.45) is 0 Å². The molecule has 0 bridgehead atoms. The van der Waals surface area contributed by atoms with Gasteiger partial charge in [0, 0.05) is 12.6 Å². The molecule has 0 fully saturated rings. The second kappa shape index (κ2) is 5.94. The molecule has 1 heterocycles. The smallest absolute Gasteiger partial charge is 0.143 e. The molecule has 106 valence electrons. The second-order valence-corrected chi connectivity index (χ2v) is 4.99. The lowest BCUT2D eigenvalue weighted by molar-refractivity contribution is 0.169. The minimum atomic E-state index is -0.678. The molecule has 0 saturated carbocycles. The van der Waals surface area contributed by atoms with Crippen LogP contribution in [0.25, 0.3) is 10.8 Å². The maximum absolute atomic E-state index is 10.4. The molecule has 2 aromatic carbocycles. The molecule has 0 aliphatic carbocycles. The maximum atomic E-state index is 10.4. The summed E-state index contributed by atoms with van der Waals surface area (Å²) in [6.45, 7) is 0. The number of fused-ring (bicyclic) bond motifs is 1. The van der Waals surface area contributed by atoms with Crippen LogP contribution in [0.3, 0.4) is 0 Å². The van der Waals surface area contributed by atoms with Crippen molar-refractivity contribution < 1.29 is 9.84 Å². The van der Waals surface area contributed by atoms with Crippen LogP contribution in [0, 0.1) is 0 Å². The molecular weight excluding hydrogens is 262 g/mol. The van der Waals surface area contributed by atoms with Gasteiger partial charge in [0.1, 0.15) is 17.5 Å². The lowest BCUT2D eigenvalue weighted by Crippen LogP contribution is -2.06. The molecule has 1 atom stereocenters. The Morgan fingerprint density at radius 2 is 1.86 bits per heavy atom. The Morgan fingerprint density at radius 1 is 1.05 bits per heavy atom. The molecule has 0 saturated heterocycles. The molecule has 0 aliphatic heterocycles. The van der Waals surface area contributed by atoms with Crippen molar-refractivity contribution in [1.82, 2.24) is 4.98 Å². The van der Waals surface area contributed by atoms with Crippen LogP contribution in [0.5, 0.6) is 5.75 Å². The summed E-state index contributed by atoms with van der Waals surface area (Å²) in [6, 6.07) is 18.0. The van der Waals surface area contributed by atoms with E-state index in [9.17, 15) is 5.11 Å². The first-order valence-corrected chi connectivity index (χ1v) is 6.92. The van der Waals surface area contributed by atoms with Gasteiger partial charge in [-0.05, 0) is 28.5 Å². The van der Waals surface area contributed by atoms with Crippen LogP contribution in [-0.2, 0) is 6.42 Å². The van der Waals surface area contributed by atoms with Gasteiger partial charge in [-0.2, -0.15) is 0 Å². The van der Waals surface area contributed by atoms with Gasteiger partial charge in [0.2, 0.25) is 0 Å². The van der Waals surface area contributed by atoms with E-state index >= 15 is 0 Å². The Morgan fingerprint density at radius 3 is 2.67 bits per heavy atom. The zero-order valence-electron chi connectivity index (χ0n) is 11.9. The molecule has 3 nitrogen and oxygen atoms in total. The highest BCUT2D eigenvalue weighted by Gasteiger charge is 2.15. The van der Waals surface area contributed by atoms with Crippen LogP contribution < -0.4 is 4.74 Å². The van der Waals surface area contributed by atoms with Crippen LogP contribution in [-0.4, -0.2) is 17.2 Å². The number of aromatic nitrogens is 1. The van der Waals surface area contributed by atoms with Crippen LogP contribution in [0.15, 0.2) is 60.8 Å². The molecule has 0 radical (unpaired) electrons. The fourth-order valence-corrected chi connectivity index (χ4v) is 2.51. The number of nitrogens with zero attached hydrogens (tertiary/aromatic N) is 1. The molecule has 1 aromatic heterocycles. The van der Waals surface area contributed by atoms with Gasteiger partial charge in [-0.3, -0.25) is 4.98 Å². The van der Waals surface area contributed by atoms with E-state index in [1.54, 1.807) is 19.4 Å². The van der Waals surface area contributed by atoms with Crippen LogP contribution >= 0.6 is 0 Å². The first kappa shape index (κ1) is 13.6. The van der Waals surface area contributed by atoms with Gasteiger partial charge in [-0.1, -0.05) is 42.5 Å². The van der Waals surface area contributed by atoms with Gasteiger partial charge in [-0.25, -0.2) is 0 Å². The third kappa shape index (κ3) is 2.88. The summed E-state index contributed by atoms with van der Waals surface area (Å²) in [6.07, 6.45) is 1.50. The highest BCUT2D eigenvalue weighted by Crippen LogP contribution is 2.26. The van der Waals surface area contributed by atoms with Gasteiger partial charge < -0.3 is 9.84 Å². The quantitative estimate of drug-likeness (QED) is 0.794. The van der Waals surface area contributed by atoms with E-state index in [0.717, 1.165) is 5.56 Å². The summed E-state index contributed by atoms with van der Waals surface area (Å²) >= 11 is 0. The number of rotatable bonds is 4. The Balaban J connectivity index is 1.87. The van der Waals surface area contributed by atoms with Crippen LogP contribution in [0.2, 0.25) is 0 Å². The lowest BCUT2D eigenvalue weighted by atomic mass is 10.0. The lowest BCUT2D eigenvalue weighted by Gasteiger charge is -2.14. The third-order valence-corrected chi connectivity index (χ3v) is 3.58. The Labute approximate surface area is 123 Å². The summed E-state index contributed by atoms with van der Waals surface area (Å²) in [5.74, 6) is 0.616. The molecule has 1 N–H and O–H groups in total. The van der Waals surface area contributed by atoms with E-state index in [4.69, 9.17) is 4.74 Å². The molecule has 0 amide bonds. The van der Waals surface area contributed by atoms with Crippen LogP contribution in [0.1, 0.15) is 17.4 Å². The average Bonchev–Trinajstić information content (AvgIpc) is 2.54. The molecule has 3 heteroatoms. The Hall–Kier alpha value is -2.39. The van der Waals surface area contributed by atoms with Crippen molar-refractivity contribution in [2.45, 2.75) is 12.5 Å². The fraction of sp³-hybridized carbons (Fsp3) is 0.167. The summed E-state index contributed by atoms with van der Waals surface area (Å²) in [5.41, 5.74) is 1.65. The van der Waals surface area contributed by atoms with Crippen molar-refractivity contribution >= 4 is 10.8 Å². The molecule has 0 aliphatic rings. The van der Waals surface area contributed by atoms with Crippen molar-refractivity contribution in [3.8, 4) is 5.75 Å². The van der Waals surface area contributed by atoms with Gasteiger partial charge in [0.25, 0.3) is 0 Å². The number of aliphatic hydroxyl groups excluding tert-OH is 1. The second-order valence-electron chi connectivity index (χ2n) is 4.99. The Kier molecular flexibility index (Phi) is 3.84. The first-order valence-electron chi connectivity index (χ1n) is 6.92. The average molecular weight is 279 g/mol. The van der Waals surface area contributed by atoms with E-state index in [1.807, 2.05) is 24.3 Å². The number of pyridine rings is 1. The topological polar surface area (TPSA) is 42.4 Å². The number of benzene rings is 2. The number of aliphatic hydroxyl groups is 1. The monoisotopic (exact) mass is 279 g/mol. The van der Waals surface area contributed by atoms with E-state index in [2.05, 4.69) is 29.2 Å².